The van der Waals surface area contributed by atoms with Gasteiger partial charge in [0.15, 0.2) is 0 Å². The van der Waals surface area contributed by atoms with Crippen molar-refractivity contribution in [2.45, 2.75) is 19.6 Å². The topological polar surface area (TPSA) is 29.1 Å². The molecular formula is C17H18ClNOS. The molecule has 4 heteroatoms. The Morgan fingerprint density at radius 3 is 2.71 bits per heavy atom. The summed E-state index contributed by atoms with van der Waals surface area (Å²) in [6, 6.07) is 13.8. The molecule has 2 aromatic rings. The lowest BCUT2D eigenvalue weighted by Gasteiger charge is -2.09. The van der Waals surface area contributed by atoms with Crippen LogP contribution >= 0.6 is 23.4 Å². The van der Waals surface area contributed by atoms with Crippen molar-refractivity contribution in [2.24, 2.45) is 0 Å². The van der Waals surface area contributed by atoms with Crippen LogP contribution in [0.5, 0.6) is 0 Å². The summed E-state index contributed by atoms with van der Waals surface area (Å²) >= 11 is 7.66. The molecule has 0 fully saturated rings. The molecule has 0 radical (unpaired) electrons. The van der Waals surface area contributed by atoms with Crippen molar-refractivity contribution in [1.29, 1.82) is 0 Å². The van der Waals surface area contributed by atoms with Crippen LogP contribution in [0.2, 0.25) is 5.02 Å². The number of thioether (sulfide) groups is 1. The van der Waals surface area contributed by atoms with E-state index in [9.17, 15) is 4.79 Å². The summed E-state index contributed by atoms with van der Waals surface area (Å²) in [6.45, 7) is 4.01. The molecule has 2 nitrogen and oxygen atoms in total. The molecule has 0 bridgehead atoms. The fraction of sp³-hybridized carbons (Fsp3) is 0.235. The minimum absolute atomic E-state index is 0.0146. The summed E-state index contributed by atoms with van der Waals surface area (Å²) in [5.41, 5.74) is 4.16. The third-order valence-corrected chi connectivity index (χ3v) is 4.47. The van der Waals surface area contributed by atoms with Crippen molar-refractivity contribution in [2.75, 3.05) is 11.1 Å². The minimum atomic E-state index is 0.0146. The van der Waals surface area contributed by atoms with Gasteiger partial charge >= 0.3 is 0 Å². The van der Waals surface area contributed by atoms with Gasteiger partial charge in [0.2, 0.25) is 5.91 Å². The van der Waals surface area contributed by atoms with Crippen LogP contribution in [0.15, 0.2) is 42.5 Å². The van der Waals surface area contributed by atoms with Crippen molar-refractivity contribution in [3.63, 3.8) is 0 Å². The molecule has 2 rings (SSSR count). The second-order valence-electron chi connectivity index (χ2n) is 4.95. The van der Waals surface area contributed by atoms with E-state index in [1.165, 1.54) is 0 Å². The molecule has 0 unspecified atom stereocenters. The summed E-state index contributed by atoms with van der Waals surface area (Å²) in [7, 11) is 0. The Morgan fingerprint density at radius 1 is 1.19 bits per heavy atom. The number of anilines is 1. The average Bonchev–Trinajstić information content (AvgIpc) is 2.45. The number of nitrogens with one attached hydrogen (secondary N) is 1. The predicted molar refractivity (Wildman–Crippen MR) is 92.2 cm³/mol. The average molecular weight is 320 g/mol. The highest BCUT2D eigenvalue weighted by Gasteiger charge is 2.06. The van der Waals surface area contributed by atoms with Gasteiger partial charge in [0, 0.05) is 16.5 Å². The third kappa shape index (κ3) is 4.80. The first-order chi connectivity index (χ1) is 10.1. The van der Waals surface area contributed by atoms with Gasteiger partial charge in [-0.25, -0.2) is 0 Å². The summed E-state index contributed by atoms with van der Waals surface area (Å²) in [6.07, 6.45) is 0. The maximum atomic E-state index is 12.0. The zero-order chi connectivity index (χ0) is 15.2. The molecule has 0 spiro atoms. The summed E-state index contributed by atoms with van der Waals surface area (Å²) in [5, 5.41) is 3.71. The minimum Gasteiger partial charge on any atom is -0.325 e. The zero-order valence-electron chi connectivity index (χ0n) is 12.2. The van der Waals surface area contributed by atoms with Gasteiger partial charge in [-0.15, -0.1) is 11.8 Å². The van der Waals surface area contributed by atoms with Gasteiger partial charge in [0.25, 0.3) is 0 Å². The van der Waals surface area contributed by atoms with Gasteiger partial charge in [0.05, 0.1) is 5.75 Å². The van der Waals surface area contributed by atoms with Crippen LogP contribution in [0.4, 0.5) is 5.69 Å². The van der Waals surface area contributed by atoms with Crippen molar-refractivity contribution in [3.05, 3.63) is 64.2 Å². The summed E-state index contributed by atoms with van der Waals surface area (Å²) < 4.78 is 0. The SMILES string of the molecule is Cc1ccc(C)c(NC(=O)CSCc2ccccc2Cl)c1. The Balaban J connectivity index is 1.85. The fourth-order valence-electron chi connectivity index (χ4n) is 1.93. The predicted octanol–water partition coefficient (Wildman–Crippen LogP) is 4.83. The van der Waals surface area contributed by atoms with Crippen molar-refractivity contribution >= 4 is 35.0 Å². The first-order valence-electron chi connectivity index (χ1n) is 6.74. The molecule has 1 N–H and O–H groups in total. The second kappa shape index (κ2) is 7.53. The highest BCUT2D eigenvalue weighted by molar-refractivity contribution is 7.99. The molecule has 0 aliphatic heterocycles. The summed E-state index contributed by atoms with van der Waals surface area (Å²) in [5.74, 6) is 1.17. The monoisotopic (exact) mass is 319 g/mol. The van der Waals surface area contributed by atoms with E-state index in [-0.39, 0.29) is 5.91 Å². The van der Waals surface area contributed by atoms with Crippen molar-refractivity contribution < 1.29 is 4.79 Å². The molecule has 0 atom stereocenters. The van der Waals surface area contributed by atoms with E-state index >= 15 is 0 Å². The number of aryl methyl sites for hydroxylation is 2. The first kappa shape index (κ1) is 15.9. The normalized spacial score (nSPS) is 10.4. The number of halogens is 1. The highest BCUT2D eigenvalue weighted by atomic mass is 35.5. The Labute approximate surface area is 134 Å². The summed E-state index contributed by atoms with van der Waals surface area (Å²) in [4.78, 5) is 12.0. The van der Waals surface area contributed by atoms with E-state index < -0.39 is 0 Å². The lowest BCUT2D eigenvalue weighted by Crippen LogP contribution is -2.15. The quantitative estimate of drug-likeness (QED) is 0.855. The number of rotatable bonds is 5. The maximum absolute atomic E-state index is 12.0. The smallest absolute Gasteiger partial charge is 0.234 e. The number of amides is 1. The zero-order valence-corrected chi connectivity index (χ0v) is 13.7. The molecule has 0 aliphatic rings. The van der Waals surface area contributed by atoms with Crippen LogP contribution in [-0.4, -0.2) is 11.7 Å². The van der Waals surface area contributed by atoms with Gasteiger partial charge in [-0.05, 0) is 42.7 Å². The van der Waals surface area contributed by atoms with Gasteiger partial charge in [-0.1, -0.05) is 41.9 Å². The largest absolute Gasteiger partial charge is 0.325 e. The molecule has 110 valence electrons. The molecule has 0 saturated carbocycles. The van der Waals surface area contributed by atoms with Crippen LogP contribution in [0.1, 0.15) is 16.7 Å². The Bertz CT molecular complexity index is 642. The molecule has 2 aromatic carbocycles. The lowest BCUT2D eigenvalue weighted by molar-refractivity contribution is -0.113. The maximum Gasteiger partial charge on any atom is 0.234 e. The Hall–Kier alpha value is -1.45. The van der Waals surface area contributed by atoms with Gasteiger partial charge in [0.1, 0.15) is 0 Å². The number of carbonyl (C=O) groups excluding carboxylic acids is 1. The number of carbonyl (C=O) groups is 1. The van der Waals surface area contributed by atoms with Crippen LogP contribution in [0, 0.1) is 13.8 Å². The van der Waals surface area contributed by atoms with Crippen LogP contribution < -0.4 is 5.32 Å². The molecule has 0 heterocycles. The fourth-order valence-corrected chi connectivity index (χ4v) is 3.04. The Morgan fingerprint density at radius 2 is 1.95 bits per heavy atom. The highest BCUT2D eigenvalue weighted by Crippen LogP contribution is 2.21. The van der Waals surface area contributed by atoms with Gasteiger partial charge in [-0.3, -0.25) is 4.79 Å². The molecule has 21 heavy (non-hydrogen) atoms. The standard InChI is InChI=1S/C17H18ClNOS/c1-12-7-8-13(2)16(9-12)19-17(20)11-21-10-14-5-3-4-6-15(14)18/h3-9H,10-11H2,1-2H3,(H,19,20). The van der Waals surface area contributed by atoms with Crippen LogP contribution in [0.3, 0.4) is 0 Å². The van der Waals surface area contributed by atoms with Crippen molar-refractivity contribution in [1.82, 2.24) is 0 Å². The lowest BCUT2D eigenvalue weighted by atomic mass is 10.1. The second-order valence-corrected chi connectivity index (χ2v) is 6.34. The first-order valence-corrected chi connectivity index (χ1v) is 8.28. The van der Waals surface area contributed by atoms with E-state index in [4.69, 9.17) is 11.6 Å². The third-order valence-electron chi connectivity index (χ3n) is 3.12. The molecule has 0 saturated heterocycles. The van der Waals surface area contributed by atoms with Crippen molar-refractivity contribution in [3.8, 4) is 0 Å². The number of hydrogen-bond donors (Lipinski definition) is 1. The molecular weight excluding hydrogens is 302 g/mol. The van der Waals surface area contributed by atoms with Crippen LogP contribution in [-0.2, 0) is 10.5 Å². The van der Waals surface area contributed by atoms with E-state index in [1.807, 2.05) is 56.3 Å². The van der Waals surface area contributed by atoms with Gasteiger partial charge in [-0.2, -0.15) is 0 Å². The molecule has 0 aliphatic carbocycles. The number of hydrogen-bond acceptors (Lipinski definition) is 2. The van der Waals surface area contributed by atoms with E-state index in [2.05, 4.69) is 5.32 Å². The number of benzene rings is 2. The van der Waals surface area contributed by atoms with Gasteiger partial charge < -0.3 is 5.32 Å². The Kier molecular flexibility index (Phi) is 5.71. The molecule has 1 amide bonds. The molecule has 0 aromatic heterocycles. The van der Waals surface area contributed by atoms with Crippen LogP contribution in [0.25, 0.3) is 0 Å². The van der Waals surface area contributed by atoms with E-state index in [0.717, 1.165) is 33.2 Å². The van der Waals surface area contributed by atoms with E-state index in [0.29, 0.717) is 5.75 Å². The van der Waals surface area contributed by atoms with E-state index in [1.54, 1.807) is 11.8 Å².